The third-order valence-corrected chi connectivity index (χ3v) is 5.82. The van der Waals surface area contributed by atoms with E-state index >= 15 is 0 Å². The minimum Gasteiger partial charge on any atom is -0.359 e. The molecule has 0 spiro atoms. The van der Waals surface area contributed by atoms with Crippen molar-refractivity contribution in [2.75, 3.05) is 20.1 Å². The third kappa shape index (κ3) is 4.81. The third-order valence-electron chi connectivity index (χ3n) is 5.82. The number of piperidine rings is 1. The molecule has 1 aliphatic heterocycles. The Balaban J connectivity index is 1.75. The fraction of sp³-hybridized carbons (Fsp3) is 0.478. The zero-order valence-corrected chi connectivity index (χ0v) is 17.7. The smallest absolute Gasteiger partial charge is 0.229 e. The summed E-state index contributed by atoms with van der Waals surface area (Å²) in [5.74, 6) is 0.865. The number of amides is 2. The van der Waals surface area contributed by atoms with Crippen LogP contribution in [0, 0.1) is 13.8 Å². The van der Waals surface area contributed by atoms with Crippen molar-refractivity contribution in [2.45, 2.75) is 51.9 Å². The number of nitrogens with one attached hydrogen (secondary N) is 1. The maximum absolute atomic E-state index is 13.1. The summed E-state index contributed by atoms with van der Waals surface area (Å²) in [5.41, 5.74) is 3.62. The normalized spacial score (nSPS) is 17.7. The van der Waals surface area contributed by atoms with Crippen molar-refractivity contribution >= 4 is 11.8 Å². The van der Waals surface area contributed by atoms with E-state index in [1.165, 1.54) is 0 Å². The average Bonchev–Trinajstić information content (AvgIpc) is 2.75. The van der Waals surface area contributed by atoms with Gasteiger partial charge in [0.1, 0.15) is 5.82 Å². The van der Waals surface area contributed by atoms with Crippen LogP contribution in [0.3, 0.4) is 0 Å². The van der Waals surface area contributed by atoms with E-state index in [1.807, 2.05) is 56.0 Å². The standard InChI is InChI=1S/C23H30N4O2/c1-15(18-9-6-5-7-10-18)23(29)27-12-8-11-19(14-27)22-25-16(2)20(17(3)26-22)13-21(28)24-4/h5-7,9-10,15,19H,8,11-14H2,1-4H3,(H,24,28)/t15-,19+/m1/s1. The van der Waals surface area contributed by atoms with Gasteiger partial charge >= 0.3 is 0 Å². The maximum atomic E-state index is 13.1. The van der Waals surface area contributed by atoms with Gasteiger partial charge in [-0.3, -0.25) is 9.59 Å². The molecule has 2 atom stereocenters. The lowest BCUT2D eigenvalue weighted by Gasteiger charge is -2.34. The second kappa shape index (κ2) is 9.16. The zero-order chi connectivity index (χ0) is 21.0. The van der Waals surface area contributed by atoms with Crippen LogP contribution in [0.25, 0.3) is 0 Å². The first-order valence-electron chi connectivity index (χ1n) is 10.3. The van der Waals surface area contributed by atoms with Crippen LogP contribution in [0.1, 0.15) is 59.9 Å². The van der Waals surface area contributed by atoms with Gasteiger partial charge in [-0.05, 0) is 39.2 Å². The Kier molecular flexibility index (Phi) is 6.62. The van der Waals surface area contributed by atoms with Crippen LogP contribution in [0.4, 0.5) is 0 Å². The highest BCUT2D eigenvalue weighted by atomic mass is 16.2. The largest absolute Gasteiger partial charge is 0.359 e. The molecule has 1 aliphatic rings. The molecule has 1 aromatic carbocycles. The Morgan fingerprint density at radius 3 is 2.45 bits per heavy atom. The van der Waals surface area contributed by atoms with E-state index in [0.29, 0.717) is 6.54 Å². The number of rotatable bonds is 5. The number of aromatic nitrogens is 2. The Hall–Kier alpha value is -2.76. The molecular formula is C23H30N4O2. The number of carbonyl (C=O) groups is 2. The minimum atomic E-state index is -0.158. The Bertz CT molecular complexity index is 859. The molecule has 0 radical (unpaired) electrons. The van der Waals surface area contributed by atoms with Crippen molar-refractivity contribution in [3.8, 4) is 0 Å². The van der Waals surface area contributed by atoms with Crippen LogP contribution in [0.15, 0.2) is 30.3 Å². The summed E-state index contributed by atoms with van der Waals surface area (Å²) in [6.45, 7) is 7.25. The Morgan fingerprint density at radius 2 is 1.83 bits per heavy atom. The van der Waals surface area contributed by atoms with Crippen LogP contribution >= 0.6 is 0 Å². The van der Waals surface area contributed by atoms with Crippen LogP contribution in [0.5, 0.6) is 0 Å². The monoisotopic (exact) mass is 394 g/mol. The molecule has 1 N–H and O–H groups in total. The van der Waals surface area contributed by atoms with Gasteiger partial charge in [0.15, 0.2) is 0 Å². The van der Waals surface area contributed by atoms with Gasteiger partial charge in [-0.25, -0.2) is 9.97 Å². The Morgan fingerprint density at radius 1 is 1.17 bits per heavy atom. The summed E-state index contributed by atoms with van der Waals surface area (Å²) in [7, 11) is 1.63. The van der Waals surface area contributed by atoms with E-state index in [0.717, 1.165) is 47.7 Å². The summed E-state index contributed by atoms with van der Waals surface area (Å²) in [6.07, 6.45) is 2.20. The van der Waals surface area contributed by atoms with Crippen molar-refractivity contribution in [1.29, 1.82) is 0 Å². The molecule has 2 aromatic rings. The van der Waals surface area contributed by atoms with Crippen LogP contribution in [-0.2, 0) is 16.0 Å². The molecular weight excluding hydrogens is 364 g/mol. The van der Waals surface area contributed by atoms with Gasteiger partial charge in [0.2, 0.25) is 11.8 Å². The quantitative estimate of drug-likeness (QED) is 0.846. The van der Waals surface area contributed by atoms with Gasteiger partial charge < -0.3 is 10.2 Å². The highest BCUT2D eigenvalue weighted by Crippen LogP contribution is 2.28. The van der Waals surface area contributed by atoms with Crippen LogP contribution in [0.2, 0.25) is 0 Å². The highest BCUT2D eigenvalue weighted by molar-refractivity contribution is 5.83. The van der Waals surface area contributed by atoms with Crippen molar-refractivity contribution in [1.82, 2.24) is 20.2 Å². The second-order valence-electron chi connectivity index (χ2n) is 7.84. The number of likely N-dealkylation sites (tertiary alicyclic amines) is 1. The number of hydrogen-bond donors (Lipinski definition) is 1. The molecule has 2 amide bonds. The second-order valence-corrected chi connectivity index (χ2v) is 7.84. The lowest BCUT2D eigenvalue weighted by Crippen LogP contribution is -2.41. The van der Waals surface area contributed by atoms with Gasteiger partial charge in [-0.2, -0.15) is 0 Å². The SMILES string of the molecule is CNC(=O)Cc1c(C)nc([C@H]2CCCN(C(=O)[C@H](C)c3ccccc3)C2)nc1C. The lowest BCUT2D eigenvalue weighted by atomic mass is 9.93. The fourth-order valence-corrected chi connectivity index (χ4v) is 4.00. The van der Waals surface area contributed by atoms with Crippen molar-refractivity contribution in [3.05, 3.63) is 58.7 Å². The maximum Gasteiger partial charge on any atom is 0.229 e. The molecule has 29 heavy (non-hydrogen) atoms. The van der Waals surface area contributed by atoms with Gasteiger partial charge in [0.25, 0.3) is 0 Å². The van der Waals surface area contributed by atoms with Gasteiger partial charge in [0.05, 0.1) is 12.3 Å². The molecule has 0 bridgehead atoms. The predicted octanol–water partition coefficient (Wildman–Crippen LogP) is 2.89. The summed E-state index contributed by atoms with van der Waals surface area (Å²) in [5, 5.41) is 2.65. The number of aryl methyl sites for hydroxylation is 2. The first-order chi connectivity index (χ1) is 13.9. The fourth-order valence-electron chi connectivity index (χ4n) is 4.00. The van der Waals surface area contributed by atoms with Crippen LogP contribution in [-0.4, -0.2) is 46.8 Å². The van der Waals surface area contributed by atoms with E-state index in [1.54, 1.807) is 7.05 Å². The molecule has 6 nitrogen and oxygen atoms in total. The van der Waals surface area contributed by atoms with Gasteiger partial charge in [-0.1, -0.05) is 30.3 Å². The lowest BCUT2D eigenvalue weighted by molar-refractivity contribution is -0.133. The summed E-state index contributed by atoms with van der Waals surface area (Å²) in [4.78, 5) is 36.2. The summed E-state index contributed by atoms with van der Waals surface area (Å²) >= 11 is 0. The first-order valence-corrected chi connectivity index (χ1v) is 10.3. The van der Waals surface area contributed by atoms with E-state index in [4.69, 9.17) is 9.97 Å². The molecule has 0 saturated carbocycles. The summed E-state index contributed by atoms with van der Waals surface area (Å²) < 4.78 is 0. The predicted molar refractivity (Wildman–Crippen MR) is 113 cm³/mol. The molecule has 2 heterocycles. The van der Waals surface area contributed by atoms with Crippen molar-refractivity contribution in [3.63, 3.8) is 0 Å². The molecule has 0 unspecified atom stereocenters. The van der Waals surface area contributed by atoms with E-state index in [-0.39, 0.29) is 30.1 Å². The molecule has 154 valence electrons. The molecule has 6 heteroatoms. The van der Waals surface area contributed by atoms with Crippen LogP contribution < -0.4 is 5.32 Å². The molecule has 1 fully saturated rings. The van der Waals surface area contributed by atoms with E-state index in [2.05, 4.69) is 5.32 Å². The molecule has 0 aliphatic carbocycles. The van der Waals surface area contributed by atoms with E-state index < -0.39 is 0 Å². The topological polar surface area (TPSA) is 75.2 Å². The minimum absolute atomic E-state index is 0.0445. The van der Waals surface area contributed by atoms with Crippen molar-refractivity contribution in [2.24, 2.45) is 0 Å². The first kappa shape index (κ1) is 21.0. The average molecular weight is 395 g/mol. The molecule has 3 rings (SSSR count). The number of likely N-dealkylation sites (N-methyl/N-ethyl adjacent to an activating group) is 1. The molecule has 1 saturated heterocycles. The number of nitrogens with zero attached hydrogens (tertiary/aromatic N) is 3. The summed E-state index contributed by atoms with van der Waals surface area (Å²) in [6, 6.07) is 9.92. The van der Waals surface area contributed by atoms with Gasteiger partial charge in [-0.15, -0.1) is 0 Å². The Labute approximate surface area is 172 Å². The zero-order valence-electron chi connectivity index (χ0n) is 17.7. The molecule has 1 aromatic heterocycles. The van der Waals surface area contributed by atoms with E-state index in [9.17, 15) is 9.59 Å². The van der Waals surface area contributed by atoms with Crippen molar-refractivity contribution < 1.29 is 9.59 Å². The number of benzene rings is 1. The number of carbonyl (C=O) groups excluding carboxylic acids is 2. The van der Waals surface area contributed by atoms with Gasteiger partial charge in [0, 0.05) is 43.0 Å². The number of hydrogen-bond acceptors (Lipinski definition) is 4. The highest BCUT2D eigenvalue weighted by Gasteiger charge is 2.30.